The Bertz CT molecular complexity index is 650. The number of benzene rings is 1. The van der Waals surface area contributed by atoms with Crippen molar-refractivity contribution in [1.29, 1.82) is 0 Å². The molecule has 2 aromatic rings. The summed E-state index contributed by atoms with van der Waals surface area (Å²) < 4.78 is 2.47. The van der Waals surface area contributed by atoms with E-state index in [0.717, 1.165) is 19.5 Å². The van der Waals surface area contributed by atoms with Gasteiger partial charge in [0.15, 0.2) is 0 Å². The molecule has 2 aliphatic rings. The highest BCUT2D eigenvalue weighted by Crippen LogP contribution is 2.36. The fourth-order valence-corrected chi connectivity index (χ4v) is 3.84. The molecule has 21 heavy (non-hydrogen) atoms. The Labute approximate surface area is 126 Å². The third kappa shape index (κ3) is 2.30. The molecule has 1 N–H and O–H groups in total. The fourth-order valence-electron chi connectivity index (χ4n) is 3.84. The minimum absolute atomic E-state index is 0.649. The Hall–Kier alpha value is -1.61. The maximum Gasteiger partial charge on any atom is 0.116 e. The minimum atomic E-state index is 0.649. The van der Waals surface area contributed by atoms with Crippen molar-refractivity contribution in [2.75, 3.05) is 6.54 Å². The number of aromatic nitrogens is 2. The highest BCUT2D eigenvalue weighted by atomic mass is 15.1. The van der Waals surface area contributed by atoms with Crippen LogP contribution in [0, 0.1) is 6.92 Å². The fraction of sp³-hybridized carbons (Fsp3) is 0.500. The van der Waals surface area contributed by atoms with Crippen LogP contribution in [0.25, 0.3) is 5.69 Å². The van der Waals surface area contributed by atoms with Crippen molar-refractivity contribution < 1.29 is 0 Å². The van der Waals surface area contributed by atoms with Crippen molar-refractivity contribution in [3.05, 3.63) is 47.0 Å². The van der Waals surface area contributed by atoms with Crippen LogP contribution in [0.5, 0.6) is 0 Å². The van der Waals surface area contributed by atoms with E-state index in [1.165, 1.54) is 54.1 Å². The molecule has 0 amide bonds. The summed E-state index contributed by atoms with van der Waals surface area (Å²) >= 11 is 0. The number of nitrogens with zero attached hydrogens (tertiary/aromatic N) is 2. The molecule has 1 fully saturated rings. The Morgan fingerprint density at radius 1 is 1.24 bits per heavy atom. The number of fused-ring (bicyclic) bond motifs is 1. The average molecular weight is 281 g/mol. The van der Waals surface area contributed by atoms with Gasteiger partial charge in [0, 0.05) is 36.8 Å². The van der Waals surface area contributed by atoms with Crippen LogP contribution >= 0.6 is 0 Å². The maximum atomic E-state index is 5.04. The molecule has 0 radical (unpaired) electrons. The van der Waals surface area contributed by atoms with Crippen LogP contribution in [0.4, 0.5) is 0 Å². The summed E-state index contributed by atoms with van der Waals surface area (Å²) in [5.74, 6) is 1.96. The Kier molecular flexibility index (Phi) is 3.30. The second-order valence-electron chi connectivity index (χ2n) is 6.45. The first-order valence-corrected chi connectivity index (χ1v) is 8.21. The topological polar surface area (TPSA) is 29.9 Å². The molecule has 1 aliphatic heterocycles. The summed E-state index contributed by atoms with van der Waals surface area (Å²) in [5.41, 5.74) is 5.32. The van der Waals surface area contributed by atoms with Crippen molar-refractivity contribution >= 4 is 0 Å². The lowest BCUT2D eigenvalue weighted by atomic mass is 10.1. The lowest BCUT2D eigenvalue weighted by molar-refractivity contribution is 0.618. The van der Waals surface area contributed by atoms with Gasteiger partial charge in [0.05, 0.1) is 5.69 Å². The third-order valence-corrected chi connectivity index (χ3v) is 4.89. The predicted molar refractivity (Wildman–Crippen MR) is 84.9 cm³/mol. The van der Waals surface area contributed by atoms with E-state index in [4.69, 9.17) is 4.98 Å². The predicted octanol–water partition coefficient (Wildman–Crippen LogP) is 3.48. The minimum Gasteiger partial charge on any atom is -0.311 e. The lowest BCUT2D eigenvalue weighted by Crippen LogP contribution is -2.24. The SMILES string of the molecule is Cc1cccc(-n2c(C3CCCC3)nc3c2CCNC3)c1. The second-order valence-corrected chi connectivity index (χ2v) is 6.45. The largest absolute Gasteiger partial charge is 0.311 e. The van der Waals surface area contributed by atoms with E-state index in [1.807, 2.05) is 0 Å². The van der Waals surface area contributed by atoms with Crippen molar-refractivity contribution in [1.82, 2.24) is 14.9 Å². The van der Waals surface area contributed by atoms with Crippen LogP contribution < -0.4 is 5.32 Å². The molecule has 2 heterocycles. The van der Waals surface area contributed by atoms with Gasteiger partial charge in [-0.1, -0.05) is 25.0 Å². The number of hydrogen-bond donors (Lipinski definition) is 1. The van der Waals surface area contributed by atoms with Gasteiger partial charge < -0.3 is 9.88 Å². The van der Waals surface area contributed by atoms with Crippen LogP contribution in [0.3, 0.4) is 0 Å². The van der Waals surface area contributed by atoms with E-state index in [0.29, 0.717) is 5.92 Å². The van der Waals surface area contributed by atoms with E-state index in [9.17, 15) is 0 Å². The van der Waals surface area contributed by atoms with Crippen LogP contribution in [0.15, 0.2) is 24.3 Å². The zero-order chi connectivity index (χ0) is 14.2. The van der Waals surface area contributed by atoms with Crippen molar-refractivity contribution in [2.24, 2.45) is 0 Å². The molecule has 4 rings (SSSR count). The third-order valence-electron chi connectivity index (χ3n) is 4.89. The summed E-state index contributed by atoms with van der Waals surface area (Å²) in [5, 5.41) is 3.46. The second kappa shape index (κ2) is 5.30. The number of hydrogen-bond acceptors (Lipinski definition) is 2. The molecule has 1 aliphatic carbocycles. The van der Waals surface area contributed by atoms with Gasteiger partial charge >= 0.3 is 0 Å². The molecule has 0 bridgehead atoms. The molecule has 1 aromatic carbocycles. The number of aryl methyl sites for hydroxylation is 1. The van der Waals surface area contributed by atoms with Gasteiger partial charge in [-0.2, -0.15) is 0 Å². The maximum absolute atomic E-state index is 5.04. The molecule has 110 valence electrons. The van der Waals surface area contributed by atoms with Crippen LogP contribution in [0.1, 0.15) is 54.4 Å². The lowest BCUT2D eigenvalue weighted by Gasteiger charge is -2.18. The van der Waals surface area contributed by atoms with Gasteiger partial charge in [-0.3, -0.25) is 0 Å². The normalized spacial score (nSPS) is 18.9. The molecule has 0 atom stereocenters. The van der Waals surface area contributed by atoms with Crippen molar-refractivity contribution in [3.8, 4) is 5.69 Å². The zero-order valence-corrected chi connectivity index (χ0v) is 12.7. The van der Waals surface area contributed by atoms with Crippen LogP contribution in [-0.4, -0.2) is 16.1 Å². The molecular formula is C18H23N3. The quantitative estimate of drug-likeness (QED) is 0.913. The van der Waals surface area contributed by atoms with Gasteiger partial charge in [-0.25, -0.2) is 4.98 Å². The van der Waals surface area contributed by atoms with Gasteiger partial charge in [0.1, 0.15) is 5.82 Å². The number of imidazole rings is 1. The Morgan fingerprint density at radius 3 is 2.90 bits per heavy atom. The van der Waals surface area contributed by atoms with E-state index < -0.39 is 0 Å². The summed E-state index contributed by atoms with van der Waals surface area (Å²) in [6.07, 6.45) is 6.40. The highest BCUT2D eigenvalue weighted by molar-refractivity contribution is 5.41. The Balaban J connectivity index is 1.88. The summed E-state index contributed by atoms with van der Waals surface area (Å²) in [7, 11) is 0. The Morgan fingerprint density at radius 2 is 2.10 bits per heavy atom. The van der Waals surface area contributed by atoms with Gasteiger partial charge in [0.25, 0.3) is 0 Å². The van der Waals surface area contributed by atoms with E-state index in [1.54, 1.807) is 0 Å². The molecular weight excluding hydrogens is 258 g/mol. The number of nitrogens with one attached hydrogen (secondary N) is 1. The molecule has 0 saturated heterocycles. The zero-order valence-electron chi connectivity index (χ0n) is 12.7. The van der Waals surface area contributed by atoms with E-state index in [-0.39, 0.29) is 0 Å². The van der Waals surface area contributed by atoms with E-state index in [2.05, 4.69) is 41.1 Å². The van der Waals surface area contributed by atoms with Crippen LogP contribution in [0.2, 0.25) is 0 Å². The average Bonchev–Trinajstić information content (AvgIpc) is 3.14. The van der Waals surface area contributed by atoms with Gasteiger partial charge in [-0.15, -0.1) is 0 Å². The first-order chi connectivity index (χ1) is 10.3. The molecule has 0 spiro atoms. The van der Waals surface area contributed by atoms with Gasteiger partial charge in [-0.05, 0) is 37.5 Å². The first-order valence-electron chi connectivity index (χ1n) is 8.21. The smallest absolute Gasteiger partial charge is 0.116 e. The summed E-state index contributed by atoms with van der Waals surface area (Å²) in [6.45, 7) is 4.16. The number of rotatable bonds is 2. The standard InChI is InChI=1S/C18H23N3/c1-13-5-4-8-15(11-13)21-17-9-10-19-12-16(17)20-18(21)14-6-2-3-7-14/h4-5,8,11,14,19H,2-3,6-7,9-10,12H2,1H3. The summed E-state index contributed by atoms with van der Waals surface area (Å²) in [4.78, 5) is 5.04. The van der Waals surface area contributed by atoms with Crippen molar-refractivity contribution in [3.63, 3.8) is 0 Å². The molecule has 1 aromatic heterocycles. The molecule has 0 unspecified atom stereocenters. The monoisotopic (exact) mass is 281 g/mol. The summed E-state index contributed by atoms with van der Waals surface area (Å²) in [6, 6.07) is 8.86. The van der Waals surface area contributed by atoms with E-state index >= 15 is 0 Å². The first kappa shape index (κ1) is 13.1. The molecule has 3 nitrogen and oxygen atoms in total. The molecule has 3 heteroatoms. The molecule has 1 saturated carbocycles. The highest BCUT2D eigenvalue weighted by Gasteiger charge is 2.27. The van der Waals surface area contributed by atoms with Crippen LogP contribution in [-0.2, 0) is 13.0 Å². The van der Waals surface area contributed by atoms with Gasteiger partial charge in [0.2, 0.25) is 0 Å². The van der Waals surface area contributed by atoms with Crippen molar-refractivity contribution in [2.45, 2.75) is 51.5 Å².